The lowest BCUT2D eigenvalue weighted by Crippen LogP contribution is -2.74. The van der Waals surface area contributed by atoms with Gasteiger partial charge in [-0.05, 0) is 63.2 Å². The van der Waals surface area contributed by atoms with Crippen molar-refractivity contribution in [1.82, 2.24) is 9.13 Å². The van der Waals surface area contributed by atoms with Crippen LogP contribution in [0.3, 0.4) is 0 Å². The van der Waals surface area contributed by atoms with Crippen molar-refractivity contribution in [3.63, 3.8) is 0 Å². The maximum atomic E-state index is 6.63. The highest BCUT2D eigenvalue weighted by Gasteiger charge is 2.41. The van der Waals surface area contributed by atoms with Crippen molar-refractivity contribution in [2.75, 3.05) is 0 Å². The SMILES string of the molecule is c1ccc([Si](c2ccccc2)(c2ccccc2)c2ccc3c(c2)c2ccccc2n3-c2ccc3c4ccccc4n(-c4cccc5c4oc4ccccc45)c3c2)cc1. The molecule has 9 aromatic carbocycles. The zero-order valence-corrected chi connectivity index (χ0v) is 32.6. The fourth-order valence-corrected chi connectivity index (χ4v) is 14.6. The summed E-state index contributed by atoms with van der Waals surface area (Å²) in [6, 6.07) is 80.2. The molecule has 3 nitrogen and oxygen atoms in total. The van der Waals surface area contributed by atoms with Crippen LogP contribution < -0.4 is 20.7 Å². The van der Waals surface area contributed by atoms with Crippen LogP contribution >= 0.6 is 0 Å². The lowest BCUT2D eigenvalue weighted by molar-refractivity contribution is 0.666. The minimum Gasteiger partial charge on any atom is -0.454 e. The predicted molar refractivity (Wildman–Crippen MR) is 246 cm³/mol. The Labute approximate surface area is 336 Å². The van der Waals surface area contributed by atoms with Crippen molar-refractivity contribution in [3.05, 3.63) is 218 Å². The second-order valence-corrected chi connectivity index (χ2v) is 19.0. The third-order valence-electron chi connectivity index (χ3n) is 12.3. The van der Waals surface area contributed by atoms with Crippen molar-refractivity contribution in [2.24, 2.45) is 0 Å². The van der Waals surface area contributed by atoms with E-state index in [0.717, 1.165) is 44.3 Å². The van der Waals surface area contributed by atoms with E-state index < -0.39 is 8.07 Å². The van der Waals surface area contributed by atoms with Crippen LogP contribution in [0.4, 0.5) is 0 Å². The van der Waals surface area contributed by atoms with Gasteiger partial charge < -0.3 is 13.6 Å². The summed E-state index contributed by atoms with van der Waals surface area (Å²) in [5.74, 6) is 0. The molecule has 0 spiro atoms. The second kappa shape index (κ2) is 12.8. The summed E-state index contributed by atoms with van der Waals surface area (Å²) in [6.07, 6.45) is 0. The number of furan rings is 1. The van der Waals surface area contributed by atoms with Crippen LogP contribution in [0.5, 0.6) is 0 Å². The smallest absolute Gasteiger partial charge is 0.179 e. The number of nitrogens with zero attached hydrogens (tertiary/aromatic N) is 2. The molecule has 0 saturated heterocycles. The summed E-state index contributed by atoms with van der Waals surface area (Å²) in [6.45, 7) is 0. The molecule has 0 amide bonds. The first kappa shape index (κ1) is 32.8. The fourth-order valence-electron chi connectivity index (χ4n) is 9.81. The van der Waals surface area contributed by atoms with E-state index in [1.54, 1.807) is 0 Å². The van der Waals surface area contributed by atoms with Crippen molar-refractivity contribution < 1.29 is 4.42 Å². The molecule has 0 aliphatic carbocycles. The van der Waals surface area contributed by atoms with Gasteiger partial charge >= 0.3 is 0 Å². The molecular formula is C54H36N2OSi. The zero-order valence-electron chi connectivity index (χ0n) is 31.6. The number of rotatable bonds is 6. The Morgan fingerprint density at radius 3 is 1.50 bits per heavy atom. The Morgan fingerprint density at radius 2 is 0.828 bits per heavy atom. The Balaban J connectivity index is 1.13. The molecule has 272 valence electrons. The Morgan fingerprint density at radius 1 is 0.310 bits per heavy atom. The summed E-state index contributed by atoms with van der Waals surface area (Å²) in [4.78, 5) is 0. The highest BCUT2D eigenvalue weighted by atomic mass is 28.3. The maximum Gasteiger partial charge on any atom is 0.179 e. The summed E-state index contributed by atoms with van der Waals surface area (Å²) in [5, 5.41) is 12.6. The normalized spacial score (nSPS) is 12.1. The Bertz CT molecular complexity index is 3410. The van der Waals surface area contributed by atoms with Crippen molar-refractivity contribution >= 4 is 94.4 Å². The molecule has 58 heavy (non-hydrogen) atoms. The summed E-state index contributed by atoms with van der Waals surface area (Å²) >= 11 is 0. The number of fused-ring (bicyclic) bond motifs is 9. The molecule has 0 radical (unpaired) electrons. The van der Waals surface area contributed by atoms with Crippen LogP contribution in [0.25, 0.3) is 76.9 Å². The van der Waals surface area contributed by atoms with Crippen LogP contribution in [0, 0.1) is 0 Å². The van der Waals surface area contributed by atoms with Crippen LogP contribution in [0.2, 0.25) is 0 Å². The topological polar surface area (TPSA) is 23.0 Å². The van der Waals surface area contributed by atoms with Crippen LogP contribution in [0.1, 0.15) is 0 Å². The van der Waals surface area contributed by atoms with Gasteiger partial charge in [0, 0.05) is 38.0 Å². The first-order chi connectivity index (χ1) is 28.8. The van der Waals surface area contributed by atoms with E-state index in [9.17, 15) is 0 Å². The monoisotopic (exact) mass is 756 g/mol. The van der Waals surface area contributed by atoms with Crippen molar-refractivity contribution in [1.29, 1.82) is 0 Å². The van der Waals surface area contributed by atoms with E-state index in [0.29, 0.717) is 0 Å². The van der Waals surface area contributed by atoms with Gasteiger partial charge in [-0.25, -0.2) is 0 Å². The van der Waals surface area contributed by atoms with E-state index in [-0.39, 0.29) is 0 Å². The first-order valence-electron chi connectivity index (χ1n) is 19.9. The highest BCUT2D eigenvalue weighted by Crippen LogP contribution is 2.40. The lowest BCUT2D eigenvalue weighted by Gasteiger charge is -2.34. The van der Waals surface area contributed by atoms with Gasteiger partial charge in [0.25, 0.3) is 0 Å². The molecule has 12 aromatic rings. The molecule has 0 aliphatic rings. The minimum absolute atomic E-state index is 0.893. The molecule has 0 unspecified atom stereocenters. The summed E-state index contributed by atoms with van der Waals surface area (Å²) in [5.41, 5.74) is 8.60. The van der Waals surface area contributed by atoms with Gasteiger partial charge in [-0.2, -0.15) is 0 Å². The Hall–Kier alpha value is -7.40. The number of benzene rings is 9. The van der Waals surface area contributed by atoms with Crippen LogP contribution in [0.15, 0.2) is 223 Å². The van der Waals surface area contributed by atoms with Crippen molar-refractivity contribution in [2.45, 2.75) is 0 Å². The third-order valence-corrected chi connectivity index (χ3v) is 17.0. The van der Waals surface area contributed by atoms with Gasteiger partial charge in [-0.15, -0.1) is 0 Å². The Kier molecular flexibility index (Phi) is 7.25. The molecule has 0 N–H and O–H groups in total. The van der Waals surface area contributed by atoms with Crippen LogP contribution in [-0.2, 0) is 0 Å². The molecule has 3 aromatic heterocycles. The number of para-hydroxylation sites is 4. The van der Waals surface area contributed by atoms with Gasteiger partial charge in [0.1, 0.15) is 5.58 Å². The van der Waals surface area contributed by atoms with Gasteiger partial charge in [0.05, 0.1) is 27.8 Å². The lowest BCUT2D eigenvalue weighted by atomic mass is 10.1. The average Bonchev–Trinajstić information content (AvgIpc) is 3.95. The second-order valence-electron chi connectivity index (χ2n) is 15.2. The molecular weight excluding hydrogens is 721 g/mol. The zero-order chi connectivity index (χ0) is 38.2. The predicted octanol–water partition coefficient (Wildman–Crippen LogP) is 11.2. The van der Waals surface area contributed by atoms with E-state index in [4.69, 9.17) is 4.42 Å². The average molecular weight is 757 g/mol. The van der Waals surface area contributed by atoms with Crippen molar-refractivity contribution in [3.8, 4) is 11.4 Å². The molecule has 0 saturated carbocycles. The van der Waals surface area contributed by atoms with Gasteiger partial charge in [-0.3, -0.25) is 0 Å². The molecule has 0 bridgehead atoms. The number of aromatic nitrogens is 2. The molecule has 0 atom stereocenters. The highest BCUT2D eigenvalue weighted by molar-refractivity contribution is 7.20. The minimum atomic E-state index is -2.73. The molecule has 12 rings (SSSR count). The number of hydrogen-bond donors (Lipinski definition) is 0. The third kappa shape index (κ3) is 4.67. The summed E-state index contributed by atoms with van der Waals surface area (Å²) < 4.78 is 11.5. The largest absolute Gasteiger partial charge is 0.454 e. The molecule has 0 aliphatic heterocycles. The van der Waals surface area contributed by atoms with Gasteiger partial charge in [-0.1, -0.05) is 176 Å². The van der Waals surface area contributed by atoms with Gasteiger partial charge in [0.2, 0.25) is 0 Å². The van der Waals surface area contributed by atoms with E-state index in [1.807, 2.05) is 6.07 Å². The van der Waals surface area contributed by atoms with Gasteiger partial charge in [0.15, 0.2) is 13.7 Å². The molecule has 4 heteroatoms. The fraction of sp³-hybridized carbons (Fsp3) is 0. The van der Waals surface area contributed by atoms with Crippen LogP contribution in [-0.4, -0.2) is 17.2 Å². The quantitative estimate of drug-likeness (QED) is 0.122. The summed E-state index contributed by atoms with van der Waals surface area (Å²) in [7, 11) is -2.73. The molecule has 3 heterocycles. The van der Waals surface area contributed by atoms with E-state index >= 15 is 0 Å². The van der Waals surface area contributed by atoms with E-state index in [2.05, 4.69) is 221 Å². The number of hydrogen-bond acceptors (Lipinski definition) is 1. The first-order valence-corrected chi connectivity index (χ1v) is 21.9. The van der Waals surface area contributed by atoms with E-state index in [1.165, 1.54) is 53.3 Å². The standard InChI is InChI=1S/C54H36N2OSi/c1-4-17-38(18-5-1)58(39-19-6-2-7-20-39,40-21-8-3-9-22-40)41-32-34-50-47(36-41)43-24-11-13-27-48(43)55(50)37-31-33-44-42-23-10-14-28-49(42)56(52(44)35-37)51-29-16-26-46-45-25-12-15-30-53(45)57-54(46)51/h1-36H. The maximum absolute atomic E-state index is 6.63. The molecule has 0 fully saturated rings.